The number of anilines is 3. The fourth-order valence-corrected chi connectivity index (χ4v) is 10.4. The molecule has 0 aromatic heterocycles. The normalized spacial score (nSPS) is 19.1. The number of hydrogen-bond acceptors (Lipinski definition) is 6. The second kappa shape index (κ2) is 14.6. The average Bonchev–Trinajstić information content (AvgIpc) is 3.34. The Morgan fingerprint density at radius 2 is 0.613 bits per heavy atom. The average molecular weight is 808 g/mol. The molecule has 12 rings (SSSR count). The van der Waals surface area contributed by atoms with Crippen LogP contribution in [0.25, 0.3) is 32.3 Å². The van der Waals surface area contributed by atoms with Crippen LogP contribution < -0.4 is 28.9 Å². The Hall–Kier alpha value is -7.44. The van der Waals surface area contributed by atoms with Crippen molar-refractivity contribution in [3.8, 4) is 17.2 Å². The van der Waals surface area contributed by atoms with Gasteiger partial charge >= 0.3 is 0 Å². The maximum Gasteiger partial charge on any atom is 0.189 e. The molecule has 0 N–H and O–H groups in total. The van der Waals surface area contributed by atoms with Crippen LogP contribution in [0.5, 0.6) is 17.2 Å². The van der Waals surface area contributed by atoms with Crippen molar-refractivity contribution in [2.45, 2.75) is 45.2 Å². The third-order valence-electron chi connectivity index (χ3n) is 13.3. The van der Waals surface area contributed by atoms with Crippen LogP contribution in [0.1, 0.15) is 23.6 Å². The first-order chi connectivity index (χ1) is 30.6. The summed E-state index contributed by atoms with van der Waals surface area (Å²) in [6.07, 6.45) is -1.82. The molecule has 0 saturated carbocycles. The van der Waals surface area contributed by atoms with Gasteiger partial charge in [-0.05, 0) is 59.5 Å². The van der Waals surface area contributed by atoms with Crippen LogP contribution in [0.3, 0.4) is 0 Å². The molecule has 9 aromatic carbocycles. The summed E-state index contributed by atoms with van der Waals surface area (Å²) in [5.41, 5.74) is 5.67. The van der Waals surface area contributed by atoms with Crippen molar-refractivity contribution in [3.63, 3.8) is 0 Å². The monoisotopic (exact) mass is 807 g/mol. The number of para-hydroxylation sites is 3. The highest BCUT2D eigenvalue weighted by Crippen LogP contribution is 2.52. The minimum Gasteiger partial charge on any atom is -0.469 e. The lowest BCUT2D eigenvalue weighted by atomic mass is 9.78. The molecule has 3 heterocycles. The fourth-order valence-electron chi connectivity index (χ4n) is 10.4. The molecule has 9 aromatic rings. The summed E-state index contributed by atoms with van der Waals surface area (Å²) in [7, 11) is 0. The zero-order chi connectivity index (χ0) is 41.2. The number of fused-ring (bicyclic) bond motifs is 6. The van der Waals surface area contributed by atoms with E-state index in [-0.39, 0.29) is 0 Å². The summed E-state index contributed by atoms with van der Waals surface area (Å²) in [5.74, 6) is 2.59. The largest absolute Gasteiger partial charge is 0.469 e. The minimum absolute atomic E-state index is 0.608. The van der Waals surface area contributed by atoms with Gasteiger partial charge in [-0.15, -0.1) is 0 Å². The van der Waals surface area contributed by atoms with Crippen LogP contribution in [-0.4, -0.2) is 18.7 Å². The molecule has 3 aliphatic rings. The first-order valence-electron chi connectivity index (χ1n) is 21.6. The third kappa shape index (κ3) is 5.85. The van der Waals surface area contributed by atoms with Crippen molar-refractivity contribution in [2.24, 2.45) is 5.41 Å². The minimum atomic E-state index is -0.987. The quantitative estimate of drug-likeness (QED) is 0.167. The first kappa shape index (κ1) is 36.4. The van der Waals surface area contributed by atoms with E-state index in [0.29, 0.717) is 19.6 Å². The predicted octanol–water partition coefficient (Wildman–Crippen LogP) is 12.7. The molecule has 6 nitrogen and oxygen atoms in total. The van der Waals surface area contributed by atoms with E-state index >= 15 is 0 Å². The van der Waals surface area contributed by atoms with E-state index in [9.17, 15) is 0 Å². The number of hydrogen-bond donors (Lipinski definition) is 0. The maximum absolute atomic E-state index is 7.65. The molecule has 3 atom stereocenters. The Balaban J connectivity index is 1.16. The molecule has 6 heteroatoms. The van der Waals surface area contributed by atoms with Crippen molar-refractivity contribution in [1.82, 2.24) is 0 Å². The second-order valence-corrected chi connectivity index (χ2v) is 17.0. The van der Waals surface area contributed by atoms with Crippen molar-refractivity contribution < 1.29 is 14.2 Å². The molecule has 0 amide bonds. The molecule has 0 saturated heterocycles. The molecule has 0 radical (unpaired) electrons. The lowest BCUT2D eigenvalue weighted by Gasteiger charge is -2.58. The van der Waals surface area contributed by atoms with Crippen molar-refractivity contribution in [1.29, 1.82) is 0 Å². The van der Waals surface area contributed by atoms with Crippen LogP contribution in [0.2, 0.25) is 0 Å². The second-order valence-electron chi connectivity index (χ2n) is 17.0. The van der Waals surface area contributed by atoms with Gasteiger partial charge in [-0.2, -0.15) is 0 Å². The van der Waals surface area contributed by atoms with Crippen molar-refractivity contribution in [3.05, 3.63) is 217 Å². The van der Waals surface area contributed by atoms with E-state index in [1.54, 1.807) is 0 Å². The Bertz CT molecular complexity index is 2800. The lowest BCUT2D eigenvalue weighted by Crippen LogP contribution is -2.72. The lowest BCUT2D eigenvalue weighted by molar-refractivity contribution is -0.113. The predicted molar refractivity (Wildman–Crippen MR) is 251 cm³/mol. The van der Waals surface area contributed by atoms with Crippen LogP contribution in [0, 0.1) is 5.41 Å². The van der Waals surface area contributed by atoms with Gasteiger partial charge in [0, 0.05) is 49.9 Å². The van der Waals surface area contributed by atoms with Gasteiger partial charge in [0.2, 0.25) is 0 Å². The van der Waals surface area contributed by atoms with Crippen LogP contribution in [0.4, 0.5) is 17.1 Å². The van der Waals surface area contributed by atoms with Crippen LogP contribution >= 0.6 is 0 Å². The number of ether oxygens (including phenoxy) is 3. The highest BCUT2D eigenvalue weighted by Gasteiger charge is 2.61. The fraction of sp³-hybridized carbons (Fsp3) is 0.143. The molecule has 0 aliphatic carbocycles. The van der Waals surface area contributed by atoms with Crippen LogP contribution in [0.15, 0.2) is 200 Å². The summed E-state index contributed by atoms with van der Waals surface area (Å²) in [4.78, 5) is 7.42. The Morgan fingerprint density at radius 1 is 0.339 bits per heavy atom. The standard InChI is InChI=1S/C56H45N3O3/c1-56(53-57(35-41-20-5-11-32-50(41)60-53)47-29-14-23-38-17-2-8-26-44(38)47,54-58(36-42-21-6-12-33-51(42)61-54)48-30-15-24-39-18-3-9-27-45(39)48)55-59(37-43-22-7-13-34-52(43)62-55)49-31-16-25-40-19-4-10-28-46(40)49/h2-34,53-55H,35-37H2,1H3. The van der Waals surface area contributed by atoms with Crippen LogP contribution in [-0.2, 0) is 19.6 Å². The third-order valence-corrected chi connectivity index (χ3v) is 13.3. The van der Waals surface area contributed by atoms with Gasteiger partial charge in [0.05, 0.1) is 19.6 Å². The van der Waals surface area contributed by atoms with Gasteiger partial charge < -0.3 is 28.9 Å². The van der Waals surface area contributed by atoms with Gasteiger partial charge in [0.25, 0.3) is 0 Å². The first-order valence-corrected chi connectivity index (χ1v) is 21.6. The molecule has 0 spiro atoms. The SMILES string of the molecule is CC(C1Oc2ccccc2CN1c1cccc2ccccc12)(C1Oc2ccccc2CN1c1cccc2ccccc12)C1Oc2ccccc2CN1c1cccc2ccccc12. The Labute approximate surface area is 361 Å². The van der Waals surface area contributed by atoms with E-state index < -0.39 is 24.1 Å². The van der Waals surface area contributed by atoms with Gasteiger partial charge in [0.15, 0.2) is 18.7 Å². The van der Waals surface area contributed by atoms with Gasteiger partial charge in [-0.25, -0.2) is 0 Å². The maximum atomic E-state index is 7.65. The van der Waals surface area contributed by atoms with Crippen molar-refractivity contribution >= 4 is 49.4 Å². The Kier molecular flexibility index (Phi) is 8.59. The van der Waals surface area contributed by atoms with Gasteiger partial charge in [0.1, 0.15) is 22.7 Å². The highest BCUT2D eigenvalue weighted by molar-refractivity contribution is 5.96. The molecule has 0 bridgehead atoms. The molecule has 3 unspecified atom stereocenters. The highest BCUT2D eigenvalue weighted by atomic mass is 16.5. The Morgan fingerprint density at radius 3 is 0.952 bits per heavy atom. The van der Waals surface area contributed by atoms with E-state index in [2.05, 4.69) is 222 Å². The summed E-state index contributed by atoms with van der Waals surface area (Å²) in [6.45, 7) is 4.22. The van der Waals surface area contributed by atoms with Gasteiger partial charge in [-0.1, -0.05) is 164 Å². The smallest absolute Gasteiger partial charge is 0.189 e. The summed E-state index contributed by atoms with van der Waals surface area (Å²) in [6, 6.07) is 71.2. The zero-order valence-corrected chi connectivity index (χ0v) is 34.5. The number of rotatable bonds is 6. The molecule has 62 heavy (non-hydrogen) atoms. The summed E-state index contributed by atoms with van der Waals surface area (Å²) in [5, 5.41) is 6.99. The molecular formula is C56H45N3O3. The van der Waals surface area contributed by atoms with E-state index in [1.807, 2.05) is 0 Å². The van der Waals surface area contributed by atoms with E-state index in [4.69, 9.17) is 14.2 Å². The van der Waals surface area contributed by atoms with E-state index in [0.717, 1.165) is 67.2 Å². The topological polar surface area (TPSA) is 37.4 Å². The van der Waals surface area contributed by atoms with Crippen molar-refractivity contribution in [2.75, 3.05) is 14.7 Å². The van der Waals surface area contributed by atoms with E-state index in [1.165, 1.54) is 16.2 Å². The van der Waals surface area contributed by atoms with Gasteiger partial charge in [-0.3, -0.25) is 0 Å². The zero-order valence-electron chi connectivity index (χ0n) is 34.5. The molecule has 302 valence electrons. The summed E-state index contributed by atoms with van der Waals surface area (Å²) >= 11 is 0. The number of benzene rings is 9. The molecule has 3 aliphatic heterocycles. The number of nitrogens with zero attached hydrogens (tertiary/aromatic N) is 3. The molecular weight excluding hydrogens is 763 g/mol. The molecule has 0 fully saturated rings. The summed E-state index contributed by atoms with van der Waals surface area (Å²) < 4.78 is 23.0.